The molecule has 3 aromatic carbocycles. The van der Waals surface area contributed by atoms with Crippen molar-refractivity contribution in [1.29, 1.82) is 0 Å². The Morgan fingerprint density at radius 3 is 2.67 bits per heavy atom. The third-order valence-electron chi connectivity index (χ3n) is 5.23. The van der Waals surface area contributed by atoms with Gasteiger partial charge in [0.15, 0.2) is 0 Å². The Balaban J connectivity index is 1.42. The Hall–Kier alpha value is -2.55. The molecule has 0 radical (unpaired) electrons. The molecule has 0 atom stereocenters. The van der Waals surface area contributed by atoms with E-state index >= 15 is 0 Å². The summed E-state index contributed by atoms with van der Waals surface area (Å²) in [6, 6.07) is 17.8. The maximum atomic E-state index is 12.8. The van der Waals surface area contributed by atoms with Gasteiger partial charge in [-0.15, -0.1) is 11.8 Å². The van der Waals surface area contributed by atoms with E-state index in [1.165, 1.54) is 23.9 Å². The van der Waals surface area contributed by atoms with Gasteiger partial charge in [0.05, 0.1) is 10.6 Å². The van der Waals surface area contributed by atoms with E-state index in [2.05, 4.69) is 15.0 Å². The maximum Gasteiger partial charge on any atom is 0.262 e. The molecule has 1 aliphatic heterocycles. The molecule has 1 amide bonds. The molecule has 0 bridgehead atoms. The first-order valence-electron chi connectivity index (χ1n) is 10.7. The number of carbonyl (C=O) groups is 1. The van der Waals surface area contributed by atoms with E-state index in [4.69, 9.17) is 11.6 Å². The van der Waals surface area contributed by atoms with Gasteiger partial charge in [-0.05, 0) is 48.6 Å². The fourth-order valence-corrected chi connectivity index (χ4v) is 6.02. The molecule has 2 N–H and O–H groups in total. The lowest BCUT2D eigenvalue weighted by molar-refractivity contribution is -0.113. The number of amides is 1. The van der Waals surface area contributed by atoms with E-state index in [1.807, 2.05) is 36.4 Å². The van der Waals surface area contributed by atoms with Crippen LogP contribution in [0.1, 0.15) is 25.7 Å². The van der Waals surface area contributed by atoms with Gasteiger partial charge >= 0.3 is 0 Å². The van der Waals surface area contributed by atoms with Gasteiger partial charge in [0.1, 0.15) is 5.84 Å². The van der Waals surface area contributed by atoms with Gasteiger partial charge in [-0.3, -0.25) is 14.5 Å². The van der Waals surface area contributed by atoms with Crippen molar-refractivity contribution in [1.82, 2.24) is 4.72 Å². The van der Waals surface area contributed by atoms with Crippen molar-refractivity contribution >= 4 is 61.6 Å². The molecule has 0 saturated heterocycles. The smallest absolute Gasteiger partial charge is 0.262 e. The molecular formula is C24H24ClN3O3S2. The average molecular weight is 502 g/mol. The third kappa shape index (κ3) is 6.07. The number of halogens is 1. The molecule has 33 heavy (non-hydrogen) atoms. The monoisotopic (exact) mass is 501 g/mol. The Labute approximate surface area is 202 Å². The quantitative estimate of drug-likeness (QED) is 0.438. The summed E-state index contributed by atoms with van der Waals surface area (Å²) >= 11 is 7.74. The molecule has 0 aromatic heterocycles. The summed E-state index contributed by atoms with van der Waals surface area (Å²) in [5, 5.41) is 5.35. The van der Waals surface area contributed by atoms with Crippen LogP contribution in [0.3, 0.4) is 0 Å². The number of benzene rings is 3. The van der Waals surface area contributed by atoms with E-state index in [0.717, 1.165) is 34.9 Å². The fraction of sp³-hybridized carbons (Fsp3) is 0.250. The van der Waals surface area contributed by atoms with Crippen LogP contribution >= 0.6 is 23.4 Å². The van der Waals surface area contributed by atoms with Crippen LogP contribution < -0.4 is 10.0 Å². The van der Waals surface area contributed by atoms with Crippen LogP contribution in [0.2, 0.25) is 5.02 Å². The lowest BCUT2D eigenvalue weighted by Crippen LogP contribution is -2.30. The molecule has 4 rings (SSSR count). The Kier molecular flexibility index (Phi) is 7.57. The van der Waals surface area contributed by atoms with Crippen molar-refractivity contribution < 1.29 is 13.2 Å². The molecule has 9 heteroatoms. The fourth-order valence-electron chi connectivity index (χ4n) is 3.64. The number of nitrogens with one attached hydrogen (secondary N) is 2. The number of thioether (sulfide) groups is 1. The summed E-state index contributed by atoms with van der Waals surface area (Å²) < 4.78 is 28.2. The van der Waals surface area contributed by atoms with Gasteiger partial charge in [0.2, 0.25) is 5.91 Å². The first kappa shape index (κ1) is 23.6. The number of hydrogen-bond acceptors (Lipinski definition) is 5. The third-order valence-corrected chi connectivity index (χ3v) is 7.98. The van der Waals surface area contributed by atoms with E-state index in [-0.39, 0.29) is 16.6 Å². The van der Waals surface area contributed by atoms with Crippen LogP contribution in [0.4, 0.5) is 5.69 Å². The van der Waals surface area contributed by atoms with Gasteiger partial charge < -0.3 is 5.32 Å². The topological polar surface area (TPSA) is 87.6 Å². The van der Waals surface area contributed by atoms with Crippen LogP contribution in [0.25, 0.3) is 10.8 Å². The first-order chi connectivity index (χ1) is 15.9. The summed E-state index contributed by atoms with van der Waals surface area (Å²) in [6.45, 7) is 0.632. The Bertz CT molecular complexity index is 1300. The lowest BCUT2D eigenvalue weighted by atomic mass is 10.1. The number of carbonyl (C=O) groups excluding carboxylic acids is 1. The van der Waals surface area contributed by atoms with Crippen molar-refractivity contribution in [3.8, 4) is 0 Å². The number of hydrogen-bond donors (Lipinski definition) is 2. The second kappa shape index (κ2) is 10.6. The summed E-state index contributed by atoms with van der Waals surface area (Å²) in [5.74, 6) is 0.419. The molecule has 0 aliphatic carbocycles. The van der Waals surface area contributed by atoms with Crippen molar-refractivity contribution in [2.24, 2.45) is 4.99 Å². The number of amidine groups is 1. The minimum atomic E-state index is -3.77. The normalized spacial score (nSPS) is 14.4. The SMILES string of the molecule is O=C(CSc1cccc2cccc(Cl)c12)Nc1cccc(S(=O)(=O)NC2=NCCCCC2)c1. The standard InChI is InChI=1S/C24H24ClN3O3S2/c25-20-11-4-7-17-8-5-12-21(24(17)20)32-16-23(29)27-18-9-6-10-19(15-18)33(30,31)28-22-13-2-1-3-14-26-22/h4-12,15H,1-3,13-14,16H2,(H,26,28)(H,27,29). The highest BCUT2D eigenvalue weighted by Crippen LogP contribution is 2.33. The first-order valence-corrected chi connectivity index (χ1v) is 13.5. The highest BCUT2D eigenvalue weighted by atomic mass is 35.5. The molecule has 0 fully saturated rings. The lowest BCUT2D eigenvalue weighted by Gasteiger charge is -2.12. The molecule has 0 unspecified atom stereocenters. The van der Waals surface area contributed by atoms with E-state index in [0.29, 0.717) is 29.5 Å². The summed E-state index contributed by atoms with van der Waals surface area (Å²) in [4.78, 5) is 17.9. The van der Waals surface area contributed by atoms with Gasteiger partial charge in [-0.2, -0.15) is 0 Å². The molecule has 0 spiro atoms. The summed E-state index contributed by atoms with van der Waals surface area (Å²) in [7, 11) is -3.77. The molecule has 0 saturated carbocycles. The second-order valence-corrected chi connectivity index (χ2v) is 10.8. The molecule has 3 aromatic rings. The maximum absolute atomic E-state index is 12.8. The van der Waals surface area contributed by atoms with Gasteiger partial charge in [0, 0.05) is 34.0 Å². The van der Waals surface area contributed by atoms with Gasteiger partial charge in [-0.1, -0.05) is 48.4 Å². The van der Waals surface area contributed by atoms with Crippen LogP contribution in [0.15, 0.2) is 75.4 Å². The van der Waals surface area contributed by atoms with Crippen molar-refractivity contribution in [3.63, 3.8) is 0 Å². The number of sulfonamides is 1. The predicted octanol–water partition coefficient (Wildman–Crippen LogP) is 5.47. The highest BCUT2D eigenvalue weighted by Gasteiger charge is 2.18. The highest BCUT2D eigenvalue weighted by molar-refractivity contribution is 8.00. The van der Waals surface area contributed by atoms with Crippen molar-refractivity contribution in [3.05, 3.63) is 65.7 Å². The number of fused-ring (bicyclic) bond motifs is 1. The van der Waals surface area contributed by atoms with Crippen LogP contribution in [-0.2, 0) is 14.8 Å². The van der Waals surface area contributed by atoms with Crippen molar-refractivity contribution in [2.45, 2.75) is 35.5 Å². The number of anilines is 1. The zero-order valence-corrected chi connectivity index (χ0v) is 20.3. The van der Waals surface area contributed by atoms with Crippen LogP contribution in [0.5, 0.6) is 0 Å². The number of rotatable bonds is 6. The van der Waals surface area contributed by atoms with Crippen molar-refractivity contribution in [2.75, 3.05) is 17.6 Å². The minimum absolute atomic E-state index is 0.0840. The Morgan fingerprint density at radius 2 is 1.82 bits per heavy atom. The average Bonchev–Trinajstić information content (AvgIpc) is 3.06. The molecule has 1 aliphatic rings. The zero-order chi connectivity index (χ0) is 23.3. The molecule has 172 valence electrons. The van der Waals surface area contributed by atoms with E-state index < -0.39 is 10.0 Å². The molecule has 6 nitrogen and oxygen atoms in total. The second-order valence-electron chi connectivity index (χ2n) is 7.70. The number of nitrogens with zero attached hydrogens (tertiary/aromatic N) is 1. The van der Waals surface area contributed by atoms with Gasteiger partial charge in [-0.25, -0.2) is 8.42 Å². The summed E-state index contributed by atoms with van der Waals surface area (Å²) in [5.41, 5.74) is 0.419. The number of aliphatic imine (C=N–C) groups is 1. The zero-order valence-electron chi connectivity index (χ0n) is 17.9. The van der Waals surface area contributed by atoms with Gasteiger partial charge in [0.25, 0.3) is 10.0 Å². The van der Waals surface area contributed by atoms with Crippen LogP contribution in [-0.4, -0.2) is 32.5 Å². The molecular weight excluding hydrogens is 478 g/mol. The van der Waals surface area contributed by atoms with E-state index in [1.54, 1.807) is 12.1 Å². The Morgan fingerprint density at radius 1 is 1.03 bits per heavy atom. The van der Waals surface area contributed by atoms with E-state index in [9.17, 15) is 13.2 Å². The summed E-state index contributed by atoms with van der Waals surface area (Å²) in [6.07, 6.45) is 3.54. The minimum Gasteiger partial charge on any atom is -0.325 e. The predicted molar refractivity (Wildman–Crippen MR) is 136 cm³/mol. The molecule has 1 heterocycles. The van der Waals surface area contributed by atoms with Crippen LogP contribution in [0, 0.1) is 0 Å². The largest absolute Gasteiger partial charge is 0.325 e.